The van der Waals surface area contributed by atoms with Gasteiger partial charge < -0.3 is 4.42 Å². The third-order valence-corrected chi connectivity index (χ3v) is 3.89. The lowest BCUT2D eigenvalue weighted by Gasteiger charge is -1.94. The standard InChI is InChI=1S/C16H9N3O2S/c20-8-13-5-11(3-4-17-13)16-19-14-6-10(1-2-15(14)21-16)12-7-18-22-9-12/h1-9H. The topological polar surface area (TPSA) is 68.9 Å². The van der Waals surface area contributed by atoms with E-state index in [1.54, 1.807) is 18.3 Å². The van der Waals surface area contributed by atoms with Gasteiger partial charge in [0, 0.05) is 28.9 Å². The van der Waals surface area contributed by atoms with E-state index in [4.69, 9.17) is 4.42 Å². The van der Waals surface area contributed by atoms with Crippen molar-refractivity contribution in [1.82, 2.24) is 14.3 Å². The number of hydrogen-bond donors (Lipinski definition) is 0. The molecule has 0 saturated carbocycles. The van der Waals surface area contributed by atoms with E-state index in [0.29, 0.717) is 23.5 Å². The maximum Gasteiger partial charge on any atom is 0.227 e. The number of hydrogen-bond acceptors (Lipinski definition) is 6. The Morgan fingerprint density at radius 1 is 1.09 bits per heavy atom. The van der Waals surface area contributed by atoms with Crippen molar-refractivity contribution in [2.45, 2.75) is 0 Å². The summed E-state index contributed by atoms with van der Waals surface area (Å²) in [4.78, 5) is 19.3. The van der Waals surface area contributed by atoms with E-state index in [0.717, 1.165) is 22.2 Å². The van der Waals surface area contributed by atoms with Gasteiger partial charge in [-0.3, -0.25) is 9.78 Å². The maximum atomic E-state index is 10.8. The summed E-state index contributed by atoms with van der Waals surface area (Å²) < 4.78 is 9.87. The molecular weight excluding hydrogens is 298 g/mol. The number of pyridine rings is 1. The molecule has 3 aromatic heterocycles. The summed E-state index contributed by atoms with van der Waals surface area (Å²) in [5, 5.41) is 1.99. The maximum absolute atomic E-state index is 10.8. The van der Waals surface area contributed by atoms with Crippen LogP contribution in [0.5, 0.6) is 0 Å². The van der Waals surface area contributed by atoms with Crippen LogP contribution in [0, 0.1) is 0 Å². The first-order valence-corrected chi connectivity index (χ1v) is 7.39. The minimum absolute atomic E-state index is 0.352. The summed E-state index contributed by atoms with van der Waals surface area (Å²) in [5.74, 6) is 0.473. The van der Waals surface area contributed by atoms with Gasteiger partial charge in [-0.05, 0) is 41.4 Å². The fraction of sp³-hybridized carbons (Fsp3) is 0. The molecule has 4 rings (SSSR count). The van der Waals surface area contributed by atoms with Gasteiger partial charge in [-0.1, -0.05) is 6.07 Å². The Balaban J connectivity index is 1.81. The van der Waals surface area contributed by atoms with Crippen molar-refractivity contribution >= 4 is 28.9 Å². The van der Waals surface area contributed by atoms with E-state index in [9.17, 15) is 4.79 Å². The van der Waals surface area contributed by atoms with Crippen LogP contribution >= 0.6 is 11.5 Å². The van der Waals surface area contributed by atoms with Crippen molar-refractivity contribution in [3.05, 3.63) is 53.8 Å². The number of rotatable bonds is 3. The zero-order chi connectivity index (χ0) is 14.9. The fourth-order valence-electron chi connectivity index (χ4n) is 2.22. The number of nitrogens with zero attached hydrogens (tertiary/aromatic N) is 3. The Hall–Kier alpha value is -2.86. The molecule has 0 aliphatic rings. The SMILES string of the molecule is O=Cc1cc(-c2nc3cc(-c4cnsc4)ccc3o2)ccn1. The number of carbonyl (C=O) groups is 1. The fourth-order valence-corrected chi connectivity index (χ4v) is 2.77. The quantitative estimate of drug-likeness (QED) is 0.538. The van der Waals surface area contributed by atoms with Gasteiger partial charge in [-0.25, -0.2) is 9.36 Å². The first-order valence-electron chi connectivity index (χ1n) is 6.55. The number of benzene rings is 1. The first kappa shape index (κ1) is 12.8. The van der Waals surface area contributed by atoms with Crippen LogP contribution in [-0.4, -0.2) is 20.6 Å². The molecule has 106 valence electrons. The van der Waals surface area contributed by atoms with Gasteiger partial charge in [0.15, 0.2) is 11.9 Å². The Bertz CT molecular complexity index is 961. The Kier molecular flexibility index (Phi) is 3.01. The lowest BCUT2D eigenvalue weighted by Crippen LogP contribution is -1.86. The second kappa shape index (κ2) is 5.16. The predicted molar refractivity (Wildman–Crippen MR) is 83.7 cm³/mol. The van der Waals surface area contributed by atoms with Crippen LogP contribution < -0.4 is 0 Å². The molecule has 22 heavy (non-hydrogen) atoms. The van der Waals surface area contributed by atoms with E-state index in [1.807, 2.05) is 29.8 Å². The molecule has 0 atom stereocenters. The molecule has 0 unspecified atom stereocenters. The van der Waals surface area contributed by atoms with Crippen molar-refractivity contribution in [2.75, 3.05) is 0 Å². The molecule has 0 fully saturated rings. The molecule has 0 aliphatic heterocycles. The first-order chi connectivity index (χ1) is 10.8. The molecule has 0 aliphatic carbocycles. The lowest BCUT2D eigenvalue weighted by atomic mass is 10.1. The van der Waals surface area contributed by atoms with Crippen LogP contribution in [0.4, 0.5) is 0 Å². The zero-order valence-electron chi connectivity index (χ0n) is 11.3. The number of aldehydes is 1. The van der Waals surface area contributed by atoms with Crippen LogP contribution in [0.2, 0.25) is 0 Å². The van der Waals surface area contributed by atoms with Crippen LogP contribution in [0.25, 0.3) is 33.7 Å². The molecule has 3 heterocycles. The number of carbonyl (C=O) groups excluding carboxylic acids is 1. The van der Waals surface area contributed by atoms with Crippen molar-refractivity contribution in [1.29, 1.82) is 0 Å². The monoisotopic (exact) mass is 307 g/mol. The van der Waals surface area contributed by atoms with Gasteiger partial charge in [-0.2, -0.15) is 0 Å². The minimum atomic E-state index is 0.352. The summed E-state index contributed by atoms with van der Waals surface area (Å²) in [6.07, 6.45) is 4.09. The van der Waals surface area contributed by atoms with E-state index in [-0.39, 0.29) is 0 Å². The summed E-state index contributed by atoms with van der Waals surface area (Å²) in [6, 6.07) is 9.25. The molecule has 6 heteroatoms. The zero-order valence-corrected chi connectivity index (χ0v) is 12.1. The Morgan fingerprint density at radius 3 is 2.86 bits per heavy atom. The van der Waals surface area contributed by atoms with E-state index in [2.05, 4.69) is 14.3 Å². The van der Waals surface area contributed by atoms with Gasteiger partial charge in [0.25, 0.3) is 0 Å². The Labute approximate surface area is 129 Å². The highest BCUT2D eigenvalue weighted by molar-refractivity contribution is 7.03. The van der Waals surface area contributed by atoms with Gasteiger partial charge in [0.05, 0.1) is 0 Å². The highest BCUT2D eigenvalue weighted by Gasteiger charge is 2.10. The second-order valence-electron chi connectivity index (χ2n) is 4.70. The highest BCUT2D eigenvalue weighted by atomic mass is 32.1. The molecule has 0 bridgehead atoms. The third kappa shape index (κ3) is 2.19. The molecule has 0 saturated heterocycles. The largest absolute Gasteiger partial charge is 0.436 e. The van der Waals surface area contributed by atoms with Crippen molar-refractivity contribution in [2.24, 2.45) is 0 Å². The molecule has 1 aromatic carbocycles. The summed E-state index contributed by atoms with van der Waals surface area (Å²) in [7, 11) is 0. The van der Waals surface area contributed by atoms with Crippen LogP contribution in [0.3, 0.4) is 0 Å². The summed E-state index contributed by atoms with van der Waals surface area (Å²) in [6.45, 7) is 0. The summed E-state index contributed by atoms with van der Waals surface area (Å²) >= 11 is 1.41. The van der Waals surface area contributed by atoms with Crippen molar-refractivity contribution in [3.63, 3.8) is 0 Å². The molecule has 0 amide bonds. The van der Waals surface area contributed by atoms with E-state index < -0.39 is 0 Å². The van der Waals surface area contributed by atoms with Crippen molar-refractivity contribution in [3.8, 4) is 22.6 Å². The number of aromatic nitrogens is 3. The lowest BCUT2D eigenvalue weighted by molar-refractivity contribution is 0.111. The van der Waals surface area contributed by atoms with Crippen molar-refractivity contribution < 1.29 is 9.21 Å². The van der Waals surface area contributed by atoms with Gasteiger partial charge in [0.1, 0.15) is 11.2 Å². The van der Waals surface area contributed by atoms with Crippen LogP contribution in [0.15, 0.2) is 52.5 Å². The Morgan fingerprint density at radius 2 is 2.05 bits per heavy atom. The number of oxazole rings is 1. The molecule has 0 spiro atoms. The molecule has 5 nitrogen and oxygen atoms in total. The highest BCUT2D eigenvalue weighted by Crippen LogP contribution is 2.28. The minimum Gasteiger partial charge on any atom is -0.436 e. The predicted octanol–water partition coefficient (Wildman–Crippen LogP) is 3.83. The van der Waals surface area contributed by atoms with Gasteiger partial charge in [-0.15, -0.1) is 0 Å². The molecule has 0 N–H and O–H groups in total. The van der Waals surface area contributed by atoms with Crippen LogP contribution in [-0.2, 0) is 0 Å². The van der Waals surface area contributed by atoms with Gasteiger partial charge in [0.2, 0.25) is 5.89 Å². The molecule has 0 radical (unpaired) electrons. The number of fused-ring (bicyclic) bond motifs is 1. The van der Waals surface area contributed by atoms with Gasteiger partial charge >= 0.3 is 0 Å². The van der Waals surface area contributed by atoms with E-state index in [1.165, 1.54) is 11.5 Å². The van der Waals surface area contributed by atoms with E-state index >= 15 is 0 Å². The van der Waals surface area contributed by atoms with Crippen LogP contribution in [0.1, 0.15) is 10.5 Å². The second-order valence-corrected chi connectivity index (χ2v) is 5.36. The molecule has 4 aromatic rings. The summed E-state index contributed by atoms with van der Waals surface area (Å²) in [5.41, 5.74) is 4.65. The third-order valence-electron chi connectivity index (χ3n) is 3.30. The molecular formula is C16H9N3O2S. The average Bonchev–Trinajstić information content (AvgIpc) is 3.23. The average molecular weight is 307 g/mol. The normalized spacial score (nSPS) is 10.9. The smallest absolute Gasteiger partial charge is 0.227 e.